The number of halogens is 1. The van der Waals surface area contributed by atoms with Crippen molar-refractivity contribution in [1.82, 2.24) is 5.32 Å². The standard InChI is InChI=1S/C10H11IN2O3/c11-7-3-1-6(2-4-7)5-8(9(12)14)13-10(15)16/h1-4,8,13H,5H2,(H2,12,14)(H,15,16). The van der Waals surface area contributed by atoms with Crippen LogP contribution in [0.1, 0.15) is 5.56 Å². The molecule has 0 aliphatic carbocycles. The molecule has 4 N–H and O–H groups in total. The minimum Gasteiger partial charge on any atom is -0.465 e. The first kappa shape index (κ1) is 12.8. The lowest BCUT2D eigenvalue weighted by Gasteiger charge is -2.13. The van der Waals surface area contributed by atoms with E-state index >= 15 is 0 Å². The van der Waals surface area contributed by atoms with E-state index in [0.717, 1.165) is 9.13 Å². The molecular formula is C10H11IN2O3. The number of amides is 2. The number of primary amides is 1. The van der Waals surface area contributed by atoms with E-state index in [0.29, 0.717) is 0 Å². The van der Waals surface area contributed by atoms with Gasteiger partial charge in [0, 0.05) is 9.99 Å². The first-order valence-corrected chi connectivity index (χ1v) is 5.60. The monoisotopic (exact) mass is 334 g/mol. The van der Waals surface area contributed by atoms with Crippen molar-refractivity contribution >= 4 is 34.6 Å². The van der Waals surface area contributed by atoms with E-state index in [9.17, 15) is 9.59 Å². The van der Waals surface area contributed by atoms with E-state index < -0.39 is 18.0 Å². The zero-order chi connectivity index (χ0) is 12.1. The molecule has 5 nitrogen and oxygen atoms in total. The summed E-state index contributed by atoms with van der Waals surface area (Å²) in [5.41, 5.74) is 5.96. The molecule has 0 aliphatic heterocycles. The molecule has 0 saturated carbocycles. The highest BCUT2D eigenvalue weighted by Gasteiger charge is 2.17. The molecular weight excluding hydrogens is 323 g/mol. The minimum atomic E-state index is -1.26. The van der Waals surface area contributed by atoms with Crippen molar-refractivity contribution < 1.29 is 14.7 Å². The van der Waals surface area contributed by atoms with Crippen LogP contribution in [0, 0.1) is 3.57 Å². The zero-order valence-electron chi connectivity index (χ0n) is 8.31. The highest BCUT2D eigenvalue weighted by atomic mass is 127. The molecule has 0 heterocycles. The van der Waals surface area contributed by atoms with E-state index in [4.69, 9.17) is 10.8 Å². The highest BCUT2D eigenvalue weighted by Crippen LogP contribution is 2.08. The van der Waals surface area contributed by atoms with Crippen LogP contribution in [-0.4, -0.2) is 23.1 Å². The highest BCUT2D eigenvalue weighted by molar-refractivity contribution is 14.1. The predicted molar refractivity (Wildman–Crippen MR) is 67.0 cm³/mol. The predicted octanol–water partition coefficient (Wildman–Crippen LogP) is 0.955. The number of carboxylic acid groups (broad SMARTS) is 1. The van der Waals surface area contributed by atoms with Gasteiger partial charge in [-0.05, 0) is 40.3 Å². The van der Waals surface area contributed by atoms with Gasteiger partial charge in [0.2, 0.25) is 5.91 Å². The Bertz CT molecular complexity index is 392. The molecule has 1 rings (SSSR count). The Morgan fingerprint density at radius 1 is 1.38 bits per heavy atom. The lowest BCUT2D eigenvalue weighted by atomic mass is 10.1. The van der Waals surface area contributed by atoms with Crippen LogP contribution in [-0.2, 0) is 11.2 Å². The topological polar surface area (TPSA) is 92.4 Å². The van der Waals surface area contributed by atoms with Crippen LogP contribution in [0.3, 0.4) is 0 Å². The van der Waals surface area contributed by atoms with Crippen molar-refractivity contribution in [2.45, 2.75) is 12.5 Å². The Balaban J connectivity index is 2.71. The molecule has 2 amide bonds. The third-order valence-electron chi connectivity index (χ3n) is 1.99. The Morgan fingerprint density at radius 3 is 2.38 bits per heavy atom. The van der Waals surface area contributed by atoms with Gasteiger partial charge in [0.15, 0.2) is 0 Å². The smallest absolute Gasteiger partial charge is 0.405 e. The van der Waals surface area contributed by atoms with Crippen LogP contribution in [0.15, 0.2) is 24.3 Å². The normalized spacial score (nSPS) is 11.8. The number of carbonyl (C=O) groups is 2. The van der Waals surface area contributed by atoms with Gasteiger partial charge in [0.05, 0.1) is 0 Å². The van der Waals surface area contributed by atoms with E-state index in [1.54, 1.807) is 0 Å². The molecule has 0 radical (unpaired) electrons. The van der Waals surface area contributed by atoms with Crippen molar-refractivity contribution in [3.05, 3.63) is 33.4 Å². The quantitative estimate of drug-likeness (QED) is 0.716. The van der Waals surface area contributed by atoms with Gasteiger partial charge < -0.3 is 16.2 Å². The molecule has 1 aromatic rings. The van der Waals surface area contributed by atoms with Gasteiger partial charge in [-0.3, -0.25) is 4.79 Å². The largest absolute Gasteiger partial charge is 0.465 e. The summed E-state index contributed by atoms with van der Waals surface area (Å²) in [6, 6.07) is 6.55. The first-order valence-electron chi connectivity index (χ1n) is 4.52. The van der Waals surface area contributed by atoms with Crippen LogP contribution in [0.4, 0.5) is 4.79 Å². The van der Waals surface area contributed by atoms with Crippen LogP contribution >= 0.6 is 22.6 Å². The summed E-state index contributed by atoms with van der Waals surface area (Å²) in [6.07, 6.45) is -0.993. The second-order valence-corrected chi connectivity index (χ2v) is 4.48. The van der Waals surface area contributed by atoms with Crippen LogP contribution < -0.4 is 11.1 Å². The number of benzene rings is 1. The summed E-state index contributed by atoms with van der Waals surface area (Å²) in [4.78, 5) is 21.4. The third kappa shape index (κ3) is 4.05. The van der Waals surface area contributed by atoms with E-state index in [-0.39, 0.29) is 6.42 Å². The van der Waals surface area contributed by atoms with Crippen LogP contribution in [0.5, 0.6) is 0 Å². The lowest BCUT2D eigenvalue weighted by Crippen LogP contribution is -2.45. The Hall–Kier alpha value is -1.31. The van der Waals surface area contributed by atoms with Gasteiger partial charge in [-0.1, -0.05) is 12.1 Å². The molecule has 86 valence electrons. The zero-order valence-corrected chi connectivity index (χ0v) is 10.5. The number of hydrogen-bond acceptors (Lipinski definition) is 2. The maximum atomic E-state index is 11.0. The Morgan fingerprint density at radius 2 is 1.94 bits per heavy atom. The van der Waals surface area contributed by atoms with Crippen molar-refractivity contribution in [2.24, 2.45) is 5.73 Å². The molecule has 0 aromatic heterocycles. The molecule has 0 spiro atoms. The van der Waals surface area contributed by atoms with E-state index in [1.807, 2.05) is 24.3 Å². The molecule has 16 heavy (non-hydrogen) atoms. The summed E-state index contributed by atoms with van der Waals surface area (Å²) >= 11 is 2.16. The number of rotatable bonds is 4. The van der Waals surface area contributed by atoms with Gasteiger partial charge >= 0.3 is 6.09 Å². The lowest BCUT2D eigenvalue weighted by molar-refractivity contribution is -0.119. The molecule has 1 atom stereocenters. The SMILES string of the molecule is NC(=O)C(Cc1ccc(I)cc1)NC(=O)O. The summed E-state index contributed by atoms with van der Waals surface area (Å²) in [5.74, 6) is -0.680. The van der Waals surface area contributed by atoms with Crippen LogP contribution in [0.25, 0.3) is 0 Å². The maximum absolute atomic E-state index is 11.0. The Kier molecular flexibility index (Phi) is 4.53. The van der Waals surface area contributed by atoms with Crippen LogP contribution in [0.2, 0.25) is 0 Å². The minimum absolute atomic E-state index is 0.262. The molecule has 0 aliphatic rings. The summed E-state index contributed by atoms with van der Waals surface area (Å²) in [6.45, 7) is 0. The molecule has 0 saturated heterocycles. The second kappa shape index (κ2) is 5.69. The number of nitrogens with one attached hydrogen (secondary N) is 1. The number of carbonyl (C=O) groups excluding carboxylic acids is 1. The van der Waals surface area contributed by atoms with Gasteiger partial charge in [-0.25, -0.2) is 4.79 Å². The fourth-order valence-corrected chi connectivity index (χ4v) is 1.59. The molecule has 0 fully saturated rings. The average molecular weight is 334 g/mol. The second-order valence-electron chi connectivity index (χ2n) is 3.24. The van der Waals surface area contributed by atoms with Crippen molar-refractivity contribution in [3.8, 4) is 0 Å². The first-order chi connectivity index (χ1) is 7.49. The summed E-state index contributed by atoms with van der Waals surface area (Å²) in [7, 11) is 0. The van der Waals surface area contributed by atoms with E-state index in [1.165, 1.54) is 0 Å². The average Bonchev–Trinajstić information content (AvgIpc) is 2.19. The molecule has 1 aromatic carbocycles. The molecule has 6 heteroatoms. The third-order valence-corrected chi connectivity index (χ3v) is 2.71. The molecule has 1 unspecified atom stereocenters. The number of nitrogens with two attached hydrogens (primary N) is 1. The van der Waals surface area contributed by atoms with Gasteiger partial charge in [0.25, 0.3) is 0 Å². The Labute approximate surface area is 106 Å². The molecule has 0 bridgehead atoms. The summed E-state index contributed by atoms with van der Waals surface area (Å²) < 4.78 is 1.07. The maximum Gasteiger partial charge on any atom is 0.405 e. The van der Waals surface area contributed by atoms with Crippen molar-refractivity contribution in [1.29, 1.82) is 0 Å². The summed E-state index contributed by atoms with van der Waals surface area (Å²) in [5, 5.41) is 10.6. The fraction of sp³-hybridized carbons (Fsp3) is 0.200. The van der Waals surface area contributed by atoms with Crippen molar-refractivity contribution in [2.75, 3.05) is 0 Å². The number of hydrogen-bond donors (Lipinski definition) is 3. The van der Waals surface area contributed by atoms with Gasteiger partial charge in [-0.2, -0.15) is 0 Å². The van der Waals surface area contributed by atoms with Gasteiger partial charge in [0.1, 0.15) is 6.04 Å². The fourth-order valence-electron chi connectivity index (χ4n) is 1.23. The van der Waals surface area contributed by atoms with E-state index in [2.05, 4.69) is 27.9 Å². The van der Waals surface area contributed by atoms with Crippen molar-refractivity contribution in [3.63, 3.8) is 0 Å². The van der Waals surface area contributed by atoms with Gasteiger partial charge in [-0.15, -0.1) is 0 Å².